The molecule has 0 aliphatic carbocycles. The molecule has 3 heterocycles. The normalized spacial score (nSPS) is 19.3. The molecular formula is C22H24N4S. The lowest BCUT2D eigenvalue weighted by Gasteiger charge is -2.28. The van der Waals surface area contributed by atoms with Crippen LogP contribution in [0.1, 0.15) is 42.4 Å². The quantitative estimate of drug-likeness (QED) is 0.662. The number of hydrogen-bond acceptors (Lipinski definition) is 2. The van der Waals surface area contributed by atoms with Crippen molar-refractivity contribution in [3.63, 3.8) is 0 Å². The van der Waals surface area contributed by atoms with Gasteiger partial charge in [0.05, 0.1) is 17.8 Å². The Bertz CT molecular complexity index is 934. The standard InChI is InChI=1S/C22H24N4S/c1-3-13-26-21(20(24-22(26)27)18-10-4-5-12-23-18)19-11-7-14-25(19)17-9-6-8-16(2)15-17/h4-12,14-15,20-21H,3,13H2,1-2H3,(H,24,27)/t20-,21-/m0/s1. The van der Waals surface area contributed by atoms with Crippen LogP contribution in [-0.2, 0) is 0 Å². The molecule has 4 nitrogen and oxygen atoms in total. The highest BCUT2D eigenvalue weighted by molar-refractivity contribution is 7.80. The topological polar surface area (TPSA) is 33.1 Å². The van der Waals surface area contributed by atoms with Gasteiger partial charge in [0.25, 0.3) is 0 Å². The molecular weight excluding hydrogens is 352 g/mol. The van der Waals surface area contributed by atoms with E-state index in [1.54, 1.807) is 0 Å². The monoisotopic (exact) mass is 376 g/mol. The molecule has 1 aromatic carbocycles. The van der Waals surface area contributed by atoms with Crippen molar-refractivity contribution in [1.29, 1.82) is 0 Å². The van der Waals surface area contributed by atoms with Crippen molar-refractivity contribution < 1.29 is 0 Å². The molecule has 1 aliphatic heterocycles. The summed E-state index contributed by atoms with van der Waals surface area (Å²) in [4.78, 5) is 6.91. The average Bonchev–Trinajstić information content (AvgIpc) is 3.28. The zero-order chi connectivity index (χ0) is 18.8. The van der Waals surface area contributed by atoms with E-state index in [9.17, 15) is 0 Å². The second-order valence-corrected chi connectivity index (χ2v) is 7.35. The average molecular weight is 377 g/mol. The van der Waals surface area contributed by atoms with Crippen LogP contribution in [0.3, 0.4) is 0 Å². The second-order valence-electron chi connectivity index (χ2n) is 6.96. The summed E-state index contributed by atoms with van der Waals surface area (Å²) in [6.45, 7) is 5.23. The fraction of sp³-hybridized carbons (Fsp3) is 0.273. The molecule has 2 atom stereocenters. The van der Waals surface area contributed by atoms with Crippen molar-refractivity contribution in [3.8, 4) is 5.69 Å². The molecule has 1 N–H and O–H groups in total. The predicted molar refractivity (Wildman–Crippen MR) is 113 cm³/mol. The maximum atomic E-state index is 5.69. The molecule has 5 heteroatoms. The van der Waals surface area contributed by atoms with Crippen LogP contribution >= 0.6 is 12.2 Å². The van der Waals surface area contributed by atoms with Gasteiger partial charge >= 0.3 is 0 Å². The Balaban J connectivity index is 1.81. The molecule has 138 valence electrons. The molecule has 27 heavy (non-hydrogen) atoms. The third-order valence-corrected chi connectivity index (χ3v) is 5.38. The van der Waals surface area contributed by atoms with E-state index in [0.29, 0.717) is 0 Å². The van der Waals surface area contributed by atoms with Crippen molar-refractivity contribution >= 4 is 17.3 Å². The van der Waals surface area contributed by atoms with Crippen LogP contribution in [0, 0.1) is 6.92 Å². The Kier molecular flexibility index (Phi) is 4.94. The van der Waals surface area contributed by atoms with Gasteiger partial charge in [-0.1, -0.05) is 25.1 Å². The highest BCUT2D eigenvalue weighted by atomic mass is 32.1. The van der Waals surface area contributed by atoms with Gasteiger partial charge in [-0.05, 0) is 67.5 Å². The summed E-state index contributed by atoms with van der Waals surface area (Å²) >= 11 is 5.69. The van der Waals surface area contributed by atoms with Gasteiger partial charge in [0.1, 0.15) is 0 Å². The minimum absolute atomic E-state index is 0.0312. The molecule has 0 saturated carbocycles. The number of rotatable bonds is 5. The van der Waals surface area contributed by atoms with Crippen LogP contribution in [0.25, 0.3) is 5.69 Å². The van der Waals surface area contributed by atoms with Gasteiger partial charge in [-0.25, -0.2) is 0 Å². The molecule has 1 fully saturated rings. The van der Waals surface area contributed by atoms with E-state index in [0.717, 1.165) is 23.8 Å². The summed E-state index contributed by atoms with van der Waals surface area (Å²) in [6.07, 6.45) is 5.02. The summed E-state index contributed by atoms with van der Waals surface area (Å²) in [5.74, 6) is 0. The fourth-order valence-electron chi connectivity index (χ4n) is 3.86. The minimum atomic E-state index is 0.0312. The molecule has 4 rings (SSSR count). The van der Waals surface area contributed by atoms with Gasteiger partial charge in [-0.2, -0.15) is 0 Å². The SMILES string of the molecule is CCCN1C(=S)N[C@@H](c2ccccn2)[C@@H]1c1cccn1-c1cccc(C)c1. The molecule has 0 amide bonds. The summed E-state index contributed by atoms with van der Waals surface area (Å²) in [5.41, 5.74) is 4.65. The summed E-state index contributed by atoms with van der Waals surface area (Å²) < 4.78 is 2.27. The molecule has 2 aromatic heterocycles. The Labute approximate surface area is 165 Å². The smallest absolute Gasteiger partial charge is 0.170 e. The molecule has 0 radical (unpaired) electrons. The van der Waals surface area contributed by atoms with Gasteiger partial charge in [-0.15, -0.1) is 0 Å². The number of pyridine rings is 1. The Morgan fingerprint density at radius 3 is 2.74 bits per heavy atom. The minimum Gasteiger partial charge on any atom is -0.352 e. The van der Waals surface area contributed by atoms with Gasteiger partial charge < -0.3 is 14.8 Å². The highest BCUT2D eigenvalue weighted by Gasteiger charge is 2.40. The lowest BCUT2D eigenvalue weighted by atomic mass is 10.0. The largest absolute Gasteiger partial charge is 0.352 e. The fourth-order valence-corrected chi connectivity index (χ4v) is 4.19. The first kappa shape index (κ1) is 17.7. The molecule has 0 unspecified atom stereocenters. The highest BCUT2D eigenvalue weighted by Crippen LogP contribution is 2.39. The Hall–Kier alpha value is -2.66. The molecule has 3 aromatic rings. The van der Waals surface area contributed by atoms with E-state index in [-0.39, 0.29) is 12.1 Å². The lowest BCUT2D eigenvalue weighted by molar-refractivity contribution is 0.309. The molecule has 0 spiro atoms. The summed E-state index contributed by atoms with van der Waals surface area (Å²) in [7, 11) is 0. The summed E-state index contributed by atoms with van der Waals surface area (Å²) in [6, 6.07) is 19.1. The van der Waals surface area contributed by atoms with E-state index < -0.39 is 0 Å². The third-order valence-electron chi connectivity index (χ3n) is 5.03. The first-order valence-corrected chi connectivity index (χ1v) is 9.82. The van der Waals surface area contributed by atoms with E-state index in [1.807, 2.05) is 18.3 Å². The van der Waals surface area contributed by atoms with E-state index in [4.69, 9.17) is 12.2 Å². The van der Waals surface area contributed by atoms with Crippen molar-refractivity contribution in [1.82, 2.24) is 19.8 Å². The number of hydrogen-bond donors (Lipinski definition) is 1. The van der Waals surface area contributed by atoms with Gasteiger partial charge in [-0.3, -0.25) is 4.98 Å². The zero-order valence-electron chi connectivity index (χ0n) is 15.7. The second kappa shape index (κ2) is 7.53. The number of benzene rings is 1. The number of nitrogens with zero attached hydrogens (tertiary/aromatic N) is 3. The molecule has 1 saturated heterocycles. The molecule has 0 bridgehead atoms. The van der Waals surface area contributed by atoms with Crippen LogP contribution in [0.15, 0.2) is 67.0 Å². The van der Waals surface area contributed by atoms with Crippen molar-refractivity contribution in [2.45, 2.75) is 32.4 Å². The maximum Gasteiger partial charge on any atom is 0.170 e. The maximum absolute atomic E-state index is 5.69. The number of aryl methyl sites for hydroxylation is 1. The first-order chi connectivity index (χ1) is 13.2. The number of aromatic nitrogens is 2. The van der Waals surface area contributed by atoms with Gasteiger partial charge in [0.15, 0.2) is 5.11 Å². The molecule has 1 aliphatic rings. The van der Waals surface area contributed by atoms with Crippen LogP contribution in [0.4, 0.5) is 0 Å². The van der Waals surface area contributed by atoms with Crippen LogP contribution < -0.4 is 5.32 Å². The van der Waals surface area contributed by atoms with Crippen molar-refractivity contribution in [2.75, 3.05) is 6.54 Å². The van der Waals surface area contributed by atoms with Crippen molar-refractivity contribution in [3.05, 3.63) is 83.9 Å². The Morgan fingerprint density at radius 2 is 2.00 bits per heavy atom. The van der Waals surface area contributed by atoms with Crippen LogP contribution in [-0.4, -0.2) is 26.1 Å². The first-order valence-electron chi connectivity index (χ1n) is 9.41. The van der Waals surface area contributed by atoms with Crippen molar-refractivity contribution in [2.24, 2.45) is 0 Å². The van der Waals surface area contributed by atoms with E-state index in [1.165, 1.54) is 16.9 Å². The summed E-state index contributed by atoms with van der Waals surface area (Å²) in [5, 5.41) is 4.32. The Morgan fingerprint density at radius 1 is 1.11 bits per heavy atom. The zero-order valence-corrected chi connectivity index (χ0v) is 16.5. The van der Waals surface area contributed by atoms with Gasteiger partial charge in [0.2, 0.25) is 0 Å². The number of nitrogens with one attached hydrogen (secondary N) is 1. The predicted octanol–water partition coefficient (Wildman–Crippen LogP) is 4.56. The third kappa shape index (κ3) is 3.35. The van der Waals surface area contributed by atoms with Crippen LogP contribution in [0.5, 0.6) is 0 Å². The van der Waals surface area contributed by atoms with Gasteiger partial charge in [0, 0.05) is 30.3 Å². The van der Waals surface area contributed by atoms with Crippen LogP contribution in [0.2, 0.25) is 0 Å². The number of thiocarbonyl (C=S) groups is 1. The van der Waals surface area contributed by atoms with E-state index in [2.05, 4.69) is 82.3 Å². The lowest BCUT2D eigenvalue weighted by Crippen LogP contribution is -2.31. The van der Waals surface area contributed by atoms with E-state index >= 15 is 0 Å².